The Kier molecular flexibility index (Phi) is 7.32. The minimum Gasteiger partial charge on any atom is -0.374 e. The molecule has 2 aromatic carbocycles. The second-order valence-corrected chi connectivity index (χ2v) is 7.22. The molecule has 2 aromatic rings. The Morgan fingerprint density at radius 3 is 2.72 bits per heavy atom. The Labute approximate surface area is 170 Å². The van der Waals surface area contributed by atoms with Crippen LogP contribution in [0.3, 0.4) is 0 Å². The monoisotopic (exact) mass is 399 g/mol. The first-order chi connectivity index (χ1) is 14.0. The van der Waals surface area contributed by atoms with E-state index in [9.17, 15) is 14.0 Å². The van der Waals surface area contributed by atoms with Crippen LogP contribution in [0.25, 0.3) is 0 Å². The minimum atomic E-state index is -0.237. The van der Waals surface area contributed by atoms with E-state index < -0.39 is 0 Å². The van der Waals surface area contributed by atoms with Crippen molar-refractivity contribution in [3.05, 3.63) is 65.5 Å². The quantitative estimate of drug-likeness (QED) is 0.750. The molecule has 2 amide bonds. The van der Waals surface area contributed by atoms with Crippen LogP contribution in [0.5, 0.6) is 0 Å². The van der Waals surface area contributed by atoms with Gasteiger partial charge in [0.05, 0.1) is 19.1 Å². The van der Waals surface area contributed by atoms with E-state index in [0.717, 1.165) is 24.2 Å². The number of hydrogen-bond donors (Lipinski definition) is 2. The van der Waals surface area contributed by atoms with Gasteiger partial charge in [-0.1, -0.05) is 24.3 Å². The van der Waals surface area contributed by atoms with Crippen molar-refractivity contribution in [2.24, 2.45) is 0 Å². The summed E-state index contributed by atoms with van der Waals surface area (Å²) >= 11 is 0. The van der Waals surface area contributed by atoms with Gasteiger partial charge in [-0.2, -0.15) is 0 Å². The minimum absolute atomic E-state index is 0.0844. The van der Waals surface area contributed by atoms with Crippen molar-refractivity contribution in [3.8, 4) is 0 Å². The number of rotatable bonds is 7. The number of morpholine rings is 1. The van der Waals surface area contributed by atoms with Crippen molar-refractivity contribution < 1.29 is 18.7 Å². The molecule has 29 heavy (non-hydrogen) atoms. The molecule has 0 spiro atoms. The maximum Gasteiger partial charge on any atom is 0.224 e. The zero-order chi connectivity index (χ0) is 20.6. The molecule has 0 radical (unpaired) electrons. The number of ether oxygens (including phenoxy) is 1. The number of hydrogen-bond acceptors (Lipinski definition) is 4. The summed E-state index contributed by atoms with van der Waals surface area (Å²) in [5, 5.41) is 5.64. The van der Waals surface area contributed by atoms with E-state index in [-0.39, 0.29) is 30.2 Å². The molecular formula is C22H26FN3O3. The number of carbonyl (C=O) groups excluding carboxylic acids is 2. The van der Waals surface area contributed by atoms with Crippen LogP contribution >= 0.6 is 0 Å². The molecule has 0 saturated carbocycles. The van der Waals surface area contributed by atoms with E-state index in [1.165, 1.54) is 19.1 Å². The van der Waals surface area contributed by atoms with Crippen molar-refractivity contribution in [1.82, 2.24) is 10.2 Å². The standard InChI is InChI=1S/C22H26FN3O3/c1-16(27)25-20-4-2-3-18(11-20)12-22(28)24-13-21-15-26(9-10-29-21)14-17-5-7-19(23)8-6-17/h2-8,11,21H,9-10,12-15H2,1H3,(H,24,28)(H,25,27). The van der Waals surface area contributed by atoms with Crippen LogP contribution in [0, 0.1) is 5.82 Å². The molecule has 0 bridgehead atoms. The maximum atomic E-state index is 13.0. The van der Waals surface area contributed by atoms with Crippen LogP contribution in [0.2, 0.25) is 0 Å². The number of anilines is 1. The van der Waals surface area contributed by atoms with E-state index in [2.05, 4.69) is 15.5 Å². The molecule has 1 heterocycles. The normalized spacial score (nSPS) is 17.0. The van der Waals surface area contributed by atoms with Crippen molar-refractivity contribution in [1.29, 1.82) is 0 Å². The fourth-order valence-corrected chi connectivity index (χ4v) is 3.33. The fraction of sp³-hybridized carbons (Fsp3) is 0.364. The van der Waals surface area contributed by atoms with Crippen molar-refractivity contribution in [2.75, 3.05) is 31.6 Å². The lowest BCUT2D eigenvalue weighted by atomic mass is 10.1. The van der Waals surface area contributed by atoms with E-state index in [4.69, 9.17) is 4.74 Å². The lowest BCUT2D eigenvalue weighted by Gasteiger charge is -2.33. The predicted molar refractivity (Wildman–Crippen MR) is 109 cm³/mol. The van der Waals surface area contributed by atoms with Crippen molar-refractivity contribution in [2.45, 2.75) is 26.0 Å². The molecule has 1 atom stereocenters. The second-order valence-electron chi connectivity index (χ2n) is 7.22. The summed E-state index contributed by atoms with van der Waals surface area (Å²) in [5.41, 5.74) is 2.56. The Balaban J connectivity index is 1.44. The molecule has 1 saturated heterocycles. The number of nitrogens with zero attached hydrogens (tertiary/aromatic N) is 1. The van der Waals surface area contributed by atoms with Gasteiger partial charge < -0.3 is 15.4 Å². The van der Waals surface area contributed by atoms with E-state index >= 15 is 0 Å². The van der Waals surface area contributed by atoms with Crippen LogP contribution in [0.1, 0.15) is 18.1 Å². The summed E-state index contributed by atoms with van der Waals surface area (Å²) < 4.78 is 18.8. The van der Waals surface area contributed by atoms with Gasteiger partial charge >= 0.3 is 0 Å². The highest BCUT2D eigenvalue weighted by Gasteiger charge is 2.21. The van der Waals surface area contributed by atoms with Crippen LogP contribution < -0.4 is 10.6 Å². The number of carbonyl (C=O) groups is 2. The Bertz CT molecular complexity index is 841. The van der Waals surface area contributed by atoms with Crippen molar-refractivity contribution in [3.63, 3.8) is 0 Å². The van der Waals surface area contributed by atoms with E-state index in [1.807, 2.05) is 12.1 Å². The Morgan fingerprint density at radius 1 is 1.17 bits per heavy atom. The van der Waals surface area contributed by atoms with Crippen LogP contribution in [-0.2, 0) is 27.3 Å². The molecule has 7 heteroatoms. The second kappa shape index (κ2) is 10.1. The molecule has 0 aliphatic carbocycles. The van der Waals surface area contributed by atoms with Gasteiger partial charge in [-0.3, -0.25) is 14.5 Å². The molecule has 154 valence electrons. The first kappa shape index (κ1) is 21.0. The van der Waals surface area contributed by atoms with Crippen molar-refractivity contribution >= 4 is 17.5 Å². The average Bonchev–Trinajstić information content (AvgIpc) is 2.68. The summed E-state index contributed by atoms with van der Waals surface area (Å²) in [6, 6.07) is 13.8. The van der Waals surface area contributed by atoms with Gasteiger partial charge in [0.15, 0.2) is 0 Å². The lowest BCUT2D eigenvalue weighted by Crippen LogP contribution is -2.47. The highest BCUT2D eigenvalue weighted by molar-refractivity contribution is 5.89. The lowest BCUT2D eigenvalue weighted by molar-refractivity contribution is -0.121. The molecule has 3 rings (SSSR count). The molecule has 1 aliphatic heterocycles. The van der Waals surface area contributed by atoms with Crippen LogP contribution in [0.4, 0.5) is 10.1 Å². The van der Waals surface area contributed by atoms with E-state index in [0.29, 0.717) is 25.4 Å². The smallest absolute Gasteiger partial charge is 0.224 e. The van der Waals surface area contributed by atoms with Crippen LogP contribution in [0.15, 0.2) is 48.5 Å². The maximum absolute atomic E-state index is 13.0. The third kappa shape index (κ3) is 6.96. The average molecular weight is 399 g/mol. The highest BCUT2D eigenvalue weighted by atomic mass is 19.1. The number of amides is 2. The van der Waals surface area contributed by atoms with E-state index in [1.54, 1.807) is 24.3 Å². The summed E-state index contributed by atoms with van der Waals surface area (Å²) in [6.07, 6.45) is 0.151. The van der Waals surface area contributed by atoms with Crippen LogP contribution in [-0.4, -0.2) is 49.1 Å². The third-order valence-electron chi connectivity index (χ3n) is 4.68. The van der Waals surface area contributed by atoms with Gasteiger partial charge in [-0.25, -0.2) is 4.39 Å². The largest absolute Gasteiger partial charge is 0.374 e. The molecule has 0 aromatic heterocycles. The van der Waals surface area contributed by atoms with Gasteiger partial charge in [-0.15, -0.1) is 0 Å². The molecule has 2 N–H and O–H groups in total. The molecule has 1 unspecified atom stereocenters. The zero-order valence-electron chi connectivity index (χ0n) is 16.5. The Morgan fingerprint density at radius 2 is 1.97 bits per heavy atom. The topological polar surface area (TPSA) is 70.7 Å². The first-order valence-corrected chi connectivity index (χ1v) is 9.69. The predicted octanol–water partition coefficient (Wildman–Crippen LogP) is 2.34. The molecular weight excluding hydrogens is 373 g/mol. The van der Waals surface area contributed by atoms with Gasteiger partial charge in [0.1, 0.15) is 5.82 Å². The fourth-order valence-electron chi connectivity index (χ4n) is 3.33. The zero-order valence-corrected chi connectivity index (χ0v) is 16.5. The third-order valence-corrected chi connectivity index (χ3v) is 4.68. The summed E-state index contributed by atoms with van der Waals surface area (Å²) in [7, 11) is 0. The number of benzene rings is 2. The SMILES string of the molecule is CC(=O)Nc1cccc(CC(=O)NCC2CN(Cc3ccc(F)cc3)CCO2)c1. The van der Waals surface area contributed by atoms with Gasteiger partial charge in [-0.05, 0) is 35.4 Å². The van der Waals surface area contributed by atoms with Gasteiger partial charge in [0, 0.05) is 38.8 Å². The number of nitrogens with one attached hydrogen (secondary N) is 2. The highest BCUT2D eigenvalue weighted by Crippen LogP contribution is 2.13. The summed E-state index contributed by atoms with van der Waals surface area (Å²) in [6.45, 7) is 4.71. The molecule has 1 fully saturated rings. The van der Waals surface area contributed by atoms with Gasteiger partial charge in [0.2, 0.25) is 11.8 Å². The molecule has 1 aliphatic rings. The molecule has 6 nitrogen and oxygen atoms in total. The number of halogens is 1. The first-order valence-electron chi connectivity index (χ1n) is 9.69. The Hall–Kier alpha value is -2.77. The van der Waals surface area contributed by atoms with Gasteiger partial charge in [0.25, 0.3) is 0 Å². The summed E-state index contributed by atoms with van der Waals surface area (Å²) in [4.78, 5) is 25.7. The summed E-state index contributed by atoms with van der Waals surface area (Å²) in [5.74, 6) is -0.477.